The van der Waals surface area contributed by atoms with Gasteiger partial charge in [-0.25, -0.2) is 19.2 Å². The van der Waals surface area contributed by atoms with E-state index >= 15 is 0 Å². The first-order valence-corrected chi connectivity index (χ1v) is 18.0. The average Bonchev–Trinajstić information content (AvgIpc) is 3.16. The number of esters is 4. The molecule has 282 valence electrons. The Morgan fingerprint density at radius 2 is 0.852 bits per heavy atom. The summed E-state index contributed by atoms with van der Waals surface area (Å²) in [6.07, 6.45) is -2.41. The lowest BCUT2D eigenvalue weighted by Crippen LogP contribution is -2.48. The molecule has 1 aliphatic carbocycles. The first-order chi connectivity index (χ1) is 26.2. The van der Waals surface area contributed by atoms with Gasteiger partial charge in [0.1, 0.15) is 23.0 Å². The summed E-state index contributed by atoms with van der Waals surface area (Å²) < 4.78 is 34.0. The maximum atomic E-state index is 13.5. The Balaban J connectivity index is 1.54. The Morgan fingerprint density at radius 3 is 1.15 bits per heavy atom. The highest BCUT2D eigenvalue weighted by molar-refractivity contribution is 5.89. The minimum atomic E-state index is -2.03. The van der Waals surface area contributed by atoms with Gasteiger partial charge in [-0.05, 0) is 57.3 Å². The number of para-hydroxylation sites is 4. The number of hydrogen-bond acceptors (Lipinski definition) is 12. The number of phenolic OH excluding ortho intramolecular Hbond substituents is 2. The quantitative estimate of drug-likeness (QED) is 0.132. The molecule has 4 aromatic rings. The van der Waals surface area contributed by atoms with E-state index in [1.807, 2.05) is 24.3 Å². The van der Waals surface area contributed by atoms with Crippen molar-refractivity contribution in [1.29, 1.82) is 0 Å². The maximum absolute atomic E-state index is 13.5. The van der Waals surface area contributed by atoms with E-state index in [4.69, 9.17) is 28.4 Å². The highest BCUT2D eigenvalue weighted by Crippen LogP contribution is 2.38. The molecule has 0 amide bonds. The summed E-state index contributed by atoms with van der Waals surface area (Å²) in [5.74, 6) is -3.68. The van der Waals surface area contributed by atoms with Crippen molar-refractivity contribution in [1.82, 2.24) is 0 Å². The first kappa shape index (κ1) is 37.7. The van der Waals surface area contributed by atoms with E-state index in [0.717, 1.165) is 0 Å². The zero-order valence-electron chi connectivity index (χ0n) is 30.1. The number of carbonyl (C=O) groups is 4. The number of fused-ring (bicyclic) bond motifs is 9. The van der Waals surface area contributed by atoms with Gasteiger partial charge >= 0.3 is 23.9 Å². The first-order valence-electron chi connectivity index (χ1n) is 18.0. The standard InChI is InChI=1S/C42H42O12/c1-3-17-49-41(47)39-40(42(48)50-18-4-2)54-34(44)24-52-38-31-15-8-16-32(38)22-28-12-6-10-26(36(28)46)20-30-14-7-13-29(37(30)51-23-33(43)53-39)19-25-9-5-11-27(21-31)35(25)45/h5-16,39-40,45-46H,3-4,17-24H2,1-2H3/t39-,40?/m1/s1. The zero-order chi connectivity index (χ0) is 38.2. The molecule has 0 saturated heterocycles. The molecular weight excluding hydrogens is 696 g/mol. The van der Waals surface area contributed by atoms with E-state index in [2.05, 4.69) is 0 Å². The Kier molecular flexibility index (Phi) is 12.0. The van der Waals surface area contributed by atoms with Crippen molar-refractivity contribution < 1.29 is 57.8 Å². The SMILES string of the molecule is CCCOC(=O)C1OC(=O)COc2c3cccc2Cc2cccc(c2O)Cc2cccc(c2OCC(=O)O[C@H]1C(=O)OCCC)Cc1cccc(c1O)C3. The number of ether oxygens (including phenoxy) is 6. The number of aromatic hydroxyl groups is 2. The van der Waals surface area contributed by atoms with Gasteiger partial charge in [0.2, 0.25) is 12.2 Å². The lowest BCUT2D eigenvalue weighted by Gasteiger charge is -2.25. The van der Waals surface area contributed by atoms with E-state index < -0.39 is 49.3 Å². The molecule has 10 bridgehead atoms. The Morgan fingerprint density at radius 1 is 0.556 bits per heavy atom. The molecule has 3 aliphatic rings. The number of benzene rings is 4. The van der Waals surface area contributed by atoms with E-state index in [9.17, 15) is 29.4 Å². The summed E-state index contributed by atoms with van der Waals surface area (Å²) in [7, 11) is 0. The van der Waals surface area contributed by atoms with Crippen molar-refractivity contribution >= 4 is 23.9 Å². The zero-order valence-corrected chi connectivity index (χ0v) is 30.1. The summed E-state index contributed by atoms with van der Waals surface area (Å²) in [6, 6.07) is 21.7. The lowest BCUT2D eigenvalue weighted by molar-refractivity contribution is -0.193. The second-order valence-electron chi connectivity index (χ2n) is 13.1. The van der Waals surface area contributed by atoms with Crippen LogP contribution >= 0.6 is 0 Å². The average molecular weight is 739 g/mol. The van der Waals surface area contributed by atoms with Crippen LogP contribution in [0.3, 0.4) is 0 Å². The Bertz CT molecular complexity index is 1810. The third-order valence-electron chi connectivity index (χ3n) is 9.11. The van der Waals surface area contributed by atoms with Crippen LogP contribution in [-0.4, -0.2) is 72.7 Å². The largest absolute Gasteiger partial charge is 0.507 e. The molecule has 0 spiro atoms. The van der Waals surface area contributed by atoms with Crippen LogP contribution in [0.15, 0.2) is 72.8 Å². The molecular formula is C42H42O12. The second-order valence-corrected chi connectivity index (χ2v) is 13.1. The molecule has 0 fully saturated rings. The third-order valence-corrected chi connectivity index (χ3v) is 9.11. The molecule has 12 heteroatoms. The molecule has 1 unspecified atom stereocenters. The van der Waals surface area contributed by atoms with E-state index in [1.165, 1.54) is 0 Å². The Labute approximate surface area is 312 Å². The molecule has 54 heavy (non-hydrogen) atoms. The Hall–Kier alpha value is -6.04. The molecule has 2 aliphatic heterocycles. The van der Waals surface area contributed by atoms with Crippen molar-refractivity contribution in [3.05, 3.63) is 117 Å². The smallest absolute Gasteiger partial charge is 0.352 e. The minimum absolute atomic E-state index is 0.0544. The van der Waals surface area contributed by atoms with Gasteiger partial charge in [-0.3, -0.25) is 0 Å². The minimum Gasteiger partial charge on any atom is -0.507 e. The third kappa shape index (κ3) is 8.60. The fraction of sp³-hybridized carbons (Fsp3) is 0.333. The fourth-order valence-corrected chi connectivity index (χ4v) is 6.53. The van der Waals surface area contributed by atoms with Crippen LogP contribution in [0.4, 0.5) is 0 Å². The van der Waals surface area contributed by atoms with Gasteiger partial charge in [-0.15, -0.1) is 0 Å². The van der Waals surface area contributed by atoms with Crippen LogP contribution in [0.2, 0.25) is 0 Å². The molecule has 4 aromatic carbocycles. The van der Waals surface area contributed by atoms with Gasteiger partial charge in [-0.1, -0.05) is 86.6 Å². The van der Waals surface area contributed by atoms with Crippen LogP contribution in [0.5, 0.6) is 23.0 Å². The molecule has 7 rings (SSSR count). The molecule has 0 radical (unpaired) electrons. The molecule has 0 aromatic heterocycles. The topological polar surface area (TPSA) is 164 Å². The summed E-state index contributed by atoms with van der Waals surface area (Å²) in [6.45, 7) is 1.93. The van der Waals surface area contributed by atoms with Gasteiger partial charge in [0.15, 0.2) is 13.2 Å². The van der Waals surface area contributed by atoms with E-state index in [1.54, 1.807) is 62.4 Å². The van der Waals surface area contributed by atoms with Gasteiger partial charge in [0, 0.05) is 25.7 Å². The molecule has 2 atom stereocenters. The van der Waals surface area contributed by atoms with Gasteiger partial charge in [0.25, 0.3) is 0 Å². The predicted octanol–water partition coefficient (Wildman–Crippen LogP) is 5.28. The van der Waals surface area contributed by atoms with E-state index in [0.29, 0.717) is 68.8 Å². The highest BCUT2D eigenvalue weighted by atomic mass is 16.7. The monoisotopic (exact) mass is 738 g/mol. The maximum Gasteiger partial charge on any atom is 0.352 e. The van der Waals surface area contributed by atoms with Crippen LogP contribution in [0.25, 0.3) is 0 Å². The van der Waals surface area contributed by atoms with E-state index in [-0.39, 0.29) is 50.4 Å². The van der Waals surface area contributed by atoms with Crippen molar-refractivity contribution in [2.45, 2.75) is 64.6 Å². The fourth-order valence-electron chi connectivity index (χ4n) is 6.53. The summed E-state index contributed by atoms with van der Waals surface area (Å²) in [4.78, 5) is 53.8. The lowest BCUT2D eigenvalue weighted by atomic mass is 9.91. The van der Waals surface area contributed by atoms with Gasteiger partial charge in [-0.2, -0.15) is 0 Å². The van der Waals surface area contributed by atoms with Crippen molar-refractivity contribution in [2.75, 3.05) is 26.4 Å². The predicted molar refractivity (Wildman–Crippen MR) is 194 cm³/mol. The van der Waals surface area contributed by atoms with Crippen LogP contribution in [-0.2, 0) is 63.8 Å². The van der Waals surface area contributed by atoms with Crippen molar-refractivity contribution in [3.63, 3.8) is 0 Å². The molecule has 12 nitrogen and oxygen atoms in total. The van der Waals surface area contributed by atoms with Crippen LogP contribution < -0.4 is 9.47 Å². The number of rotatable bonds is 6. The second kappa shape index (κ2) is 17.2. The van der Waals surface area contributed by atoms with Gasteiger partial charge < -0.3 is 38.6 Å². The number of hydrogen-bond donors (Lipinski definition) is 2. The molecule has 2 N–H and O–H groups in total. The van der Waals surface area contributed by atoms with Crippen LogP contribution in [0.1, 0.15) is 71.2 Å². The summed E-state index contributed by atoms with van der Waals surface area (Å²) >= 11 is 0. The highest BCUT2D eigenvalue weighted by Gasteiger charge is 2.43. The summed E-state index contributed by atoms with van der Waals surface area (Å²) in [5.41, 5.74) is 4.81. The van der Waals surface area contributed by atoms with Gasteiger partial charge in [0.05, 0.1) is 13.2 Å². The van der Waals surface area contributed by atoms with Crippen molar-refractivity contribution in [3.8, 4) is 23.0 Å². The number of carbonyl (C=O) groups excluding carboxylic acids is 4. The molecule has 2 heterocycles. The molecule has 0 saturated carbocycles. The number of phenols is 2. The van der Waals surface area contributed by atoms with Crippen LogP contribution in [0, 0.1) is 0 Å². The summed E-state index contributed by atoms with van der Waals surface area (Å²) in [5, 5.41) is 23.2. The van der Waals surface area contributed by atoms with Crippen molar-refractivity contribution in [2.24, 2.45) is 0 Å². The normalized spacial score (nSPS) is 17.1.